The average molecular weight is 445 g/mol. The van der Waals surface area contributed by atoms with E-state index in [4.69, 9.17) is 26.0 Å². The zero-order valence-corrected chi connectivity index (χ0v) is 21.3. The minimum absolute atomic E-state index is 0.250. The lowest BCUT2D eigenvalue weighted by atomic mass is 9.85. The molecule has 2 rings (SSSR count). The van der Waals surface area contributed by atoms with E-state index in [2.05, 4.69) is 33.0 Å². The quantitative estimate of drug-likeness (QED) is 0.168. The molecule has 1 aromatic rings. The number of allylic oxidation sites excluding steroid dienone is 2. The summed E-state index contributed by atoms with van der Waals surface area (Å²) in [4.78, 5) is 13.1. The first-order valence-electron chi connectivity index (χ1n) is 11.6. The predicted octanol–water partition coefficient (Wildman–Crippen LogP) is 7.08. The third-order valence-electron chi connectivity index (χ3n) is 4.60. The third kappa shape index (κ3) is 10.4. The predicted molar refractivity (Wildman–Crippen MR) is 141 cm³/mol. The van der Waals surface area contributed by atoms with E-state index in [9.17, 15) is 0 Å². The molecule has 0 radical (unpaired) electrons. The molecule has 0 fully saturated rings. The third-order valence-corrected chi connectivity index (χ3v) is 4.60. The molecule has 0 aromatic heterocycles. The van der Waals surface area contributed by atoms with Gasteiger partial charge in [-0.2, -0.15) is 0 Å². The van der Waals surface area contributed by atoms with E-state index >= 15 is 0 Å². The number of nitrogens with one attached hydrogen (secondary N) is 2. The number of amidine groups is 1. The van der Waals surface area contributed by atoms with E-state index in [0.29, 0.717) is 11.3 Å². The van der Waals surface area contributed by atoms with Crippen molar-refractivity contribution in [1.29, 1.82) is 5.41 Å². The van der Waals surface area contributed by atoms with Crippen molar-refractivity contribution in [1.82, 2.24) is 0 Å². The largest absolute Gasteiger partial charge is 0.483 e. The summed E-state index contributed by atoms with van der Waals surface area (Å²) in [6.45, 7) is 17.1. The average Bonchev–Trinajstić information content (AvgIpc) is 2.79. The zero-order valence-electron chi connectivity index (χ0n) is 21.3. The summed E-state index contributed by atoms with van der Waals surface area (Å²) in [7, 11) is 0. The fraction of sp³-hybridized carbons (Fsp3) is 0.500. The van der Waals surface area contributed by atoms with Crippen molar-refractivity contribution in [2.24, 2.45) is 4.99 Å². The molecule has 0 atom stereocenters. The van der Waals surface area contributed by atoms with Crippen LogP contribution in [0, 0.1) is 5.41 Å². The summed E-state index contributed by atoms with van der Waals surface area (Å²) in [5, 5.41) is 17.9. The Morgan fingerprint density at radius 3 is 2.22 bits per heavy atom. The molecule has 1 aromatic carbocycles. The smallest absolute Gasteiger partial charge is 0.290 e. The number of hydrogen-bond donors (Lipinski definition) is 4. The van der Waals surface area contributed by atoms with Crippen molar-refractivity contribution in [2.45, 2.75) is 81.1 Å². The summed E-state index contributed by atoms with van der Waals surface area (Å²) in [5.74, 6) is 0.916. The highest BCUT2D eigenvalue weighted by Crippen LogP contribution is 2.32. The summed E-state index contributed by atoms with van der Waals surface area (Å²) in [6, 6.07) is 5.68. The van der Waals surface area contributed by atoms with Crippen molar-refractivity contribution >= 4 is 29.9 Å². The number of carboxylic acid groups (broad SMARTS) is 1. The molecule has 0 amide bonds. The second-order valence-corrected chi connectivity index (χ2v) is 6.88. The van der Waals surface area contributed by atoms with E-state index in [1.807, 2.05) is 45.9 Å². The van der Waals surface area contributed by atoms with Crippen LogP contribution in [-0.4, -0.2) is 30.2 Å². The van der Waals surface area contributed by atoms with Gasteiger partial charge in [0.15, 0.2) is 0 Å². The summed E-state index contributed by atoms with van der Waals surface area (Å²) >= 11 is 0. The number of benzene rings is 1. The van der Waals surface area contributed by atoms with Gasteiger partial charge in [-0.05, 0) is 77.2 Å². The second-order valence-electron chi connectivity index (χ2n) is 6.88. The Labute approximate surface area is 195 Å². The van der Waals surface area contributed by atoms with Crippen LogP contribution in [0.1, 0.15) is 86.6 Å². The number of rotatable bonds is 5. The molecule has 0 unspecified atom stereocenters. The van der Waals surface area contributed by atoms with Gasteiger partial charge in [-0.3, -0.25) is 9.79 Å². The molecule has 0 saturated carbocycles. The first-order chi connectivity index (χ1) is 15.4. The molecule has 32 heavy (non-hydrogen) atoms. The summed E-state index contributed by atoms with van der Waals surface area (Å²) in [5.41, 5.74) is 13.6. The van der Waals surface area contributed by atoms with E-state index in [1.165, 1.54) is 47.8 Å². The van der Waals surface area contributed by atoms with Gasteiger partial charge < -0.3 is 21.6 Å². The molecule has 5 N–H and O–H groups in total. The maximum Gasteiger partial charge on any atom is 0.290 e. The number of nitrogens with zero attached hydrogens (tertiary/aromatic N) is 1. The number of hydrogen-bond acceptors (Lipinski definition) is 4. The van der Waals surface area contributed by atoms with Crippen molar-refractivity contribution in [2.75, 3.05) is 17.6 Å². The van der Waals surface area contributed by atoms with E-state index in [1.54, 1.807) is 0 Å². The number of aliphatic imine (C=N–C) groups is 1. The molecule has 6 heteroatoms. The lowest BCUT2D eigenvalue weighted by Gasteiger charge is -2.24. The molecule has 180 valence electrons. The van der Waals surface area contributed by atoms with Gasteiger partial charge in [-0.25, -0.2) is 0 Å². The van der Waals surface area contributed by atoms with E-state index < -0.39 is 0 Å². The van der Waals surface area contributed by atoms with Crippen molar-refractivity contribution in [3.8, 4) is 0 Å². The molecule has 0 saturated heterocycles. The van der Waals surface area contributed by atoms with Gasteiger partial charge in [0, 0.05) is 35.3 Å². The number of nitrogens with two attached hydrogens (primary N) is 1. The summed E-state index contributed by atoms with van der Waals surface area (Å²) < 4.78 is 0. The zero-order chi connectivity index (χ0) is 25.1. The van der Waals surface area contributed by atoms with Gasteiger partial charge in [0.05, 0.1) is 0 Å². The Balaban J connectivity index is 0. The Bertz CT molecular complexity index is 789. The van der Waals surface area contributed by atoms with Crippen LogP contribution in [0.5, 0.6) is 0 Å². The monoisotopic (exact) mass is 444 g/mol. The first kappa shape index (κ1) is 31.3. The van der Waals surface area contributed by atoms with Gasteiger partial charge in [-0.15, -0.1) is 0 Å². The van der Waals surface area contributed by atoms with Crippen LogP contribution < -0.4 is 11.1 Å². The highest BCUT2D eigenvalue weighted by molar-refractivity contribution is 6.11. The number of anilines is 2. The standard InChI is InChI=1S/C21H30N4.2C2H6.CH2O2/c1-5-24-21(25-17-10-11-19(23)16(12-17)13-22)20(14(2)3)18-9-7-6-8-15(18)4;2*1-2;2-1-3/h10-13,22H,5-9,23H2,1-4H3,(H,24,25);2*1-2H3;1H,(H,2,3). The van der Waals surface area contributed by atoms with Crippen LogP contribution in [0.3, 0.4) is 0 Å². The van der Waals surface area contributed by atoms with Crippen molar-refractivity contribution in [3.05, 3.63) is 46.1 Å². The van der Waals surface area contributed by atoms with Crippen molar-refractivity contribution < 1.29 is 9.90 Å². The molecular formula is C26H44N4O2. The minimum Gasteiger partial charge on any atom is -0.483 e. The topological polar surface area (TPSA) is 112 Å². The molecule has 0 spiro atoms. The molecule has 0 aliphatic heterocycles. The van der Waals surface area contributed by atoms with Gasteiger partial charge >= 0.3 is 0 Å². The highest BCUT2D eigenvalue weighted by Gasteiger charge is 2.19. The maximum atomic E-state index is 8.36. The second kappa shape index (κ2) is 18.8. The van der Waals surface area contributed by atoms with Gasteiger partial charge in [0.25, 0.3) is 6.47 Å². The molecule has 0 heterocycles. The molecule has 1 aliphatic carbocycles. The Kier molecular flexibility index (Phi) is 18.4. The maximum absolute atomic E-state index is 8.36. The van der Waals surface area contributed by atoms with Crippen LogP contribution in [0.4, 0.5) is 11.4 Å². The van der Waals surface area contributed by atoms with Crippen LogP contribution in [0.2, 0.25) is 0 Å². The van der Waals surface area contributed by atoms with Crippen molar-refractivity contribution in [3.63, 3.8) is 0 Å². The van der Waals surface area contributed by atoms with Crippen LogP contribution in [0.25, 0.3) is 0 Å². The highest BCUT2D eigenvalue weighted by atomic mass is 16.3. The minimum atomic E-state index is -0.250. The van der Waals surface area contributed by atoms with Crippen LogP contribution >= 0.6 is 0 Å². The lowest BCUT2D eigenvalue weighted by Crippen LogP contribution is -2.20. The molecule has 1 aliphatic rings. The van der Waals surface area contributed by atoms with Crippen LogP contribution in [-0.2, 0) is 4.79 Å². The molecular weight excluding hydrogens is 400 g/mol. The fourth-order valence-corrected chi connectivity index (χ4v) is 3.33. The van der Waals surface area contributed by atoms with Gasteiger partial charge in [0.2, 0.25) is 0 Å². The normalized spacial score (nSPS) is 12.6. The Hall–Kier alpha value is -2.89. The molecule has 6 nitrogen and oxygen atoms in total. The summed E-state index contributed by atoms with van der Waals surface area (Å²) in [6.07, 6.45) is 6.09. The van der Waals surface area contributed by atoms with Gasteiger partial charge in [0.1, 0.15) is 5.84 Å². The van der Waals surface area contributed by atoms with E-state index in [-0.39, 0.29) is 6.47 Å². The SMILES string of the molecule is CC.CC.CCN=C(Nc1ccc(N)c(C=N)c1)C(=C(C)C)C1=C(C)CCCC1.O=CO. The molecule has 0 bridgehead atoms. The fourth-order valence-electron chi connectivity index (χ4n) is 3.33. The van der Waals surface area contributed by atoms with E-state index in [0.717, 1.165) is 24.5 Å². The lowest BCUT2D eigenvalue weighted by molar-refractivity contribution is -0.122. The first-order valence-corrected chi connectivity index (χ1v) is 11.6. The number of nitrogen functional groups attached to an aromatic ring is 1. The Morgan fingerprint density at radius 2 is 1.75 bits per heavy atom. The number of carbonyl (C=O) groups is 1. The van der Waals surface area contributed by atoms with Gasteiger partial charge in [-0.1, -0.05) is 38.8 Å². The Morgan fingerprint density at radius 1 is 1.19 bits per heavy atom. The van der Waals surface area contributed by atoms with Crippen LogP contribution in [0.15, 0.2) is 45.5 Å².